The number of aromatic amines is 1. The molecule has 3 aromatic rings. The summed E-state index contributed by atoms with van der Waals surface area (Å²) in [6.45, 7) is 6.77. The Morgan fingerprint density at radius 2 is 2.00 bits per heavy atom. The number of rotatable bonds is 10. The van der Waals surface area contributed by atoms with E-state index in [2.05, 4.69) is 37.8 Å². The molecule has 0 radical (unpaired) electrons. The van der Waals surface area contributed by atoms with Crippen molar-refractivity contribution in [1.29, 1.82) is 0 Å². The fourth-order valence-corrected chi connectivity index (χ4v) is 5.10. The topological polar surface area (TPSA) is 127 Å². The number of aryl methyl sites for hydroxylation is 2. The van der Waals surface area contributed by atoms with Crippen LogP contribution in [0.4, 0.5) is 10.2 Å². The average molecular weight is 526 g/mol. The number of aromatic nitrogens is 5. The van der Waals surface area contributed by atoms with Gasteiger partial charge in [0, 0.05) is 30.1 Å². The van der Waals surface area contributed by atoms with Crippen molar-refractivity contribution in [2.75, 3.05) is 19.0 Å². The first-order valence-corrected chi connectivity index (χ1v) is 13.2. The van der Waals surface area contributed by atoms with Crippen molar-refractivity contribution in [2.45, 2.75) is 65.5 Å². The van der Waals surface area contributed by atoms with E-state index in [1.807, 2.05) is 6.92 Å². The molecule has 0 spiro atoms. The zero-order chi connectivity index (χ0) is 27.2. The molecule has 4 rings (SSSR count). The zero-order valence-electron chi connectivity index (χ0n) is 22.4. The van der Waals surface area contributed by atoms with Gasteiger partial charge in [0.15, 0.2) is 0 Å². The molecule has 1 fully saturated rings. The number of hydrogen-bond acceptors (Lipinski definition) is 6. The molecule has 38 heavy (non-hydrogen) atoms. The van der Waals surface area contributed by atoms with Gasteiger partial charge in [-0.25, -0.2) is 4.98 Å². The van der Waals surface area contributed by atoms with Gasteiger partial charge < -0.3 is 15.4 Å². The molecule has 11 heteroatoms. The number of methoxy groups -OCH3 is 1. The minimum atomic E-state index is -0.798. The lowest BCUT2D eigenvalue weighted by atomic mass is 9.79. The fraction of sp³-hybridized carbons (Fsp3) is 0.519. The summed E-state index contributed by atoms with van der Waals surface area (Å²) in [5, 5.41) is 17.0. The molecule has 3 N–H and O–H groups in total. The summed E-state index contributed by atoms with van der Waals surface area (Å²) in [4.78, 5) is 30.7. The van der Waals surface area contributed by atoms with Crippen molar-refractivity contribution in [3.05, 3.63) is 47.4 Å². The normalized spacial score (nSPS) is 18.2. The van der Waals surface area contributed by atoms with Crippen LogP contribution in [-0.2, 0) is 22.5 Å². The summed E-state index contributed by atoms with van der Waals surface area (Å²) in [6, 6.07) is 3.98. The fourth-order valence-electron chi connectivity index (χ4n) is 5.10. The van der Waals surface area contributed by atoms with Crippen LogP contribution in [0.25, 0.3) is 11.1 Å². The quantitative estimate of drug-likeness (QED) is 0.345. The summed E-state index contributed by atoms with van der Waals surface area (Å²) in [7, 11) is 1.58. The Labute approximate surface area is 221 Å². The van der Waals surface area contributed by atoms with Crippen LogP contribution in [0.15, 0.2) is 24.4 Å². The smallest absolute Gasteiger partial charge is 0.270 e. The number of nitrogens with zero attached hydrogens (tertiary/aromatic N) is 4. The first-order chi connectivity index (χ1) is 18.3. The number of halogens is 1. The van der Waals surface area contributed by atoms with Gasteiger partial charge in [0.05, 0.1) is 18.8 Å². The molecule has 0 saturated heterocycles. The van der Waals surface area contributed by atoms with Crippen molar-refractivity contribution < 1.29 is 18.7 Å². The average Bonchev–Trinajstić information content (AvgIpc) is 3.53. The second-order valence-corrected chi connectivity index (χ2v) is 9.94. The minimum Gasteiger partial charge on any atom is -0.383 e. The number of pyridine rings is 1. The van der Waals surface area contributed by atoms with E-state index in [0.29, 0.717) is 48.0 Å². The predicted molar refractivity (Wildman–Crippen MR) is 141 cm³/mol. The molecule has 2 amide bonds. The molecule has 1 saturated carbocycles. The minimum absolute atomic E-state index is 0.0460. The summed E-state index contributed by atoms with van der Waals surface area (Å²) in [5.41, 5.74) is 2.85. The van der Waals surface area contributed by atoms with E-state index >= 15 is 4.39 Å². The molecule has 1 aliphatic rings. The highest BCUT2D eigenvalue weighted by Crippen LogP contribution is 2.32. The lowest BCUT2D eigenvalue weighted by molar-refractivity contribution is -0.119. The number of amides is 2. The Morgan fingerprint density at radius 3 is 2.68 bits per heavy atom. The molecule has 10 nitrogen and oxygen atoms in total. The Balaban J connectivity index is 1.54. The molecule has 3 heterocycles. The lowest BCUT2D eigenvalue weighted by Crippen LogP contribution is -2.49. The number of hydrogen-bond donors (Lipinski definition) is 3. The first-order valence-electron chi connectivity index (χ1n) is 13.2. The Bertz CT molecular complexity index is 1260. The van der Waals surface area contributed by atoms with Crippen LogP contribution in [0.3, 0.4) is 0 Å². The molecule has 0 aliphatic heterocycles. The molecule has 1 aliphatic carbocycles. The van der Waals surface area contributed by atoms with E-state index in [-0.39, 0.29) is 11.7 Å². The maximum atomic E-state index is 15.1. The van der Waals surface area contributed by atoms with E-state index in [4.69, 9.17) is 4.74 Å². The monoisotopic (exact) mass is 525 g/mol. The number of nitrogens with one attached hydrogen (secondary N) is 3. The van der Waals surface area contributed by atoms with Gasteiger partial charge in [0.1, 0.15) is 17.6 Å². The summed E-state index contributed by atoms with van der Waals surface area (Å²) in [6.07, 6.45) is 5.77. The van der Waals surface area contributed by atoms with Gasteiger partial charge in [-0.1, -0.05) is 26.7 Å². The highest BCUT2D eigenvalue weighted by molar-refractivity contribution is 6.00. The number of carbonyl (C=O) groups excluding carboxylic acids is 2. The maximum Gasteiger partial charge on any atom is 0.270 e. The first kappa shape index (κ1) is 27.4. The van der Waals surface area contributed by atoms with Crippen LogP contribution < -0.4 is 10.6 Å². The van der Waals surface area contributed by atoms with Gasteiger partial charge in [-0.15, -0.1) is 0 Å². The molecular weight excluding hydrogens is 489 g/mol. The van der Waals surface area contributed by atoms with Crippen molar-refractivity contribution >= 4 is 17.6 Å². The van der Waals surface area contributed by atoms with Gasteiger partial charge in [0.25, 0.3) is 5.91 Å². The highest BCUT2D eigenvalue weighted by Gasteiger charge is 2.33. The van der Waals surface area contributed by atoms with Crippen LogP contribution in [0.5, 0.6) is 0 Å². The van der Waals surface area contributed by atoms with Crippen molar-refractivity contribution in [2.24, 2.45) is 11.8 Å². The second-order valence-electron chi connectivity index (χ2n) is 9.94. The molecule has 3 aromatic heterocycles. The number of carbonyl (C=O) groups is 2. The molecule has 1 atom stereocenters. The Kier molecular flexibility index (Phi) is 8.88. The number of H-pyrrole nitrogens is 1. The van der Waals surface area contributed by atoms with E-state index in [1.165, 1.54) is 0 Å². The van der Waals surface area contributed by atoms with E-state index in [1.54, 1.807) is 43.1 Å². The van der Waals surface area contributed by atoms with E-state index in [0.717, 1.165) is 31.4 Å². The van der Waals surface area contributed by atoms with Gasteiger partial charge in [-0.3, -0.25) is 19.4 Å². The van der Waals surface area contributed by atoms with Crippen molar-refractivity contribution in [1.82, 2.24) is 30.3 Å². The lowest BCUT2D eigenvalue weighted by Gasteiger charge is -2.32. The summed E-state index contributed by atoms with van der Waals surface area (Å²) in [5.74, 6) is -0.900. The third-order valence-electron chi connectivity index (χ3n) is 7.30. The highest BCUT2D eigenvalue weighted by atomic mass is 19.1. The van der Waals surface area contributed by atoms with E-state index < -0.39 is 23.8 Å². The molecule has 0 aromatic carbocycles. The van der Waals surface area contributed by atoms with Gasteiger partial charge in [-0.05, 0) is 56.2 Å². The van der Waals surface area contributed by atoms with Gasteiger partial charge in [0.2, 0.25) is 11.9 Å². The predicted octanol–water partition coefficient (Wildman–Crippen LogP) is 3.89. The molecular formula is C27H36FN7O3. The van der Waals surface area contributed by atoms with E-state index in [9.17, 15) is 9.59 Å². The van der Waals surface area contributed by atoms with Crippen LogP contribution in [0.1, 0.15) is 61.4 Å². The van der Waals surface area contributed by atoms with Crippen molar-refractivity contribution in [3.63, 3.8) is 0 Å². The number of ether oxygens (including phenoxy) is 1. The summed E-state index contributed by atoms with van der Waals surface area (Å²) < 4.78 is 21.8. The SMILES string of the molecule is CCc1[nH]nc(C)c1-c1ccc(NC(=O)[C@@H](NC(=O)c2ccnn2CCOC)[C@H]2CC[C@H](C)CC2)nc1F. The van der Waals surface area contributed by atoms with Crippen LogP contribution >= 0.6 is 0 Å². The zero-order valence-corrected chi connectivity index (χ0v) is 22.4. The largest absolute Gasteiger partial charge is 0.383 e. The van der Waals surface area contributed by atoms with Gasteiger partial charge >= 0.3 is 0 Å². The second kappa shape index (κ2) is 12.3. The Hall–Kier alpha value is -3.60. The van der Waals surface area contributed by atoms with Gasteiger partial charge in [-0.2, -0.15) is 14.6 Å². The molecule has 0 unspecified atom stereocenters. The standard InChI is InChI=1S/C27H36FN7O3/c1-5-20-23(17(3)33-34-20)19-10-11-22(30-25(19)28)31-27(37)24(18-8-6-16(2)7-9-18)32-26(36)21-12-13-29-35(21)14-15-38-4/h10-13,16,18,24H,5-9,14-15H2,1-4H3,(H,32,36)(H,33,34)(H,30,31,37)/t16-,18-,24-/m0/s1. The molecule has 204 valence electrons. The molecule has 0 bridgehead atoms. The third kappa shape index (κ3) is 6.09. The summed E-state index contributed by atoms with van der Waals surface area (Å²) >= 11 is 0. The maximum absolute atomic E-state index is 15.1. The van der Waals surface area contributed by atoms with Crippen molar-refractivity contribution in [3.8, 4) is 11.1 Å². The van der Waals surface area contributed by atoms with Crippen LogP contribution in [-0.4, -0.2) is 56.5 Å². The Morgan fingerprint density at radius 1 is 1.24 bits per heavy atom. The van der Waals surface area contributed by atoms with Crippen LogP contribution in [0.2, 0.25) is 0 Å². The third-order valence-corrected chi connectivity index (χ3v) is 7.30. The van der Waals surface area contributed by atoms with Crippen LogP contribution in [0, 0.1) is 24.7 Å². The number of anilines is 1.